The zero-order valence-corrected chi connectivity index (χ0v) is 14.6. The Kier molecular flexibility index (Phi) is 4.35. The minimum Gasteiger partial charge on any atom is -0.376 e. The van der Waals surface area contributed by atoms with Crippen LogP contribution in [-0.4, -0.2) is 71.1 Å². The second-order valence-corrected chi connectivity index (χ2v) is 7.82. The molecule has 132 valence electrons. The van der Waals surface area contributed by atoms with Crippen molar-refractivity contribution in [2.75, 3.05) is 39.3 Å². The molecule has 4 heterocycles. The molecule has 6 heteroatoms. The zero-order chi connectivity index (χ0) is 16.6. The highest BCUT2D eigenvalue weighted by atomic mass is 16.5. The van der Waals surface area contributed by atoms with Crippen molar-refractivity contribution in [3.63, 3.8) is 0 Å². The molecule has 0 aromatic carbocycles. The number of H-pyrrole nitrogens is 1. The van der Waals surface area contributed by atoms with Crippen molar-refractivity contribution in [2.24, 2.45) is 5.41 Å². The van der Waals surface area contributed by atoms with Crippen LogP contribution in [0.3, 0.4) is 0 Å². The van der Waals surface area contributed by atoms with E-state index >= 15 is 0 Å². The van der Waals surface area contributed by atoms with Crippen molar-refractivity contribution in [2.45, 2.75) is 45.1 Å². The lowest BCUT2D eigenvalue weighted by Gasteiger charge is -2.38. The van der Waals surface area contributed by atoms with Gasteiger partial charge in [-0.3, -0.25) is 4.79 Å². The lowest BCUT2D eigenvalue weighted by molar-refractivity contribution is 0.0457. The topological polar surface area (TPSA) is 61.5 Å². The summed E-state index contributed by atoms with van der Waals surface area (Å²) in [4.78, 5) is 24.2. The quantitative estimate of drug-likeness (QED) is 0.917. The van der Waals surface area contributed by atoms with Crippen LogP contribution in [0.1, 0.15) is 48.4 Å². The van der Waals surface area contributed by atoms with Crippen LogP contribution in [0.25, 0.3) is 0 Å². The molecule has 3 fully saturated rings. The summed E-state index contributed by atoms with van der Waals surface area (Å²) in [6, 6.07) is 0. The number of nitrogens with zero attached hydrogens (tertiary/aromatic N) is 3. The van der Waals surface area contributed by atoms with Crippen LogP contribution >= 0.6 is 0 Å². The van der Waals surface area contributed by atoms with Gasteiger partial charge in [-0.1, -0.05) is 0 Å². The Hall–Kier alpha value is -1.40. The van der Waals surface area contributed by atoms with Crippen LogP contribution in [0.5, 0.6) is 0 Å². The summed E-state index contributed by atoms with van der Waals surface area (Å²) in [5, 5.41) is 0. The van der Waals surface area contributed by atoms with Crippen molar-refractivity contribution in [3.8, 4) is 0 Å². The van der Waals surface area contributed by atoms with Crippen LogP contribution in [0, 0.1) is 12.3 Å². The first-order valence-electron chi connectivity index (χ1n) is 9.28. The molecule has 6 nitrogen and oxygen atoms in total. The van der Waals surface area contributed by atoms with Crippen molar-refractivity contribution in [3.05, 3.63) is 17.7 Å². The number of rotatable bonds is 3. The number of nitrogens with one attached hydrogen (secondary N) is 1. The maximum absolute atomic E-state index is 12.5. The molecule has 0 saturated carbocycles. The number of hydrogen-bond acceptors (Lipinski definition) is 4. The molecule has 3 aliphatic rings. The van der Waals surface area contributed by atoms with Gasteiger partial charge in [0.05, 0.1) is 18.9 Å². The van der Waals surface area contributed by atoms with E-state index in [1.165, 1.54) is 25.9 Å². The van der Waals surface area contributed by atoms with Crippen molar-refractivity contribution >= 4 is 5.91 Å². The number of likely N-dealkylation sites (tertiary alicyclic amines) is 2. The summed E-state index contributed by atoms with van der Waals surface area (Å²) >= 11 is 0. The molecule has 3 saturated heterocycles. The highest BCUT2D eigenvalue weighted by molar-refractivity contribution is 5.92. The normalized spacial score (nSPS) is 27.2. The van der Waals surface area contributed by atoms with Crippen molar-refractivity contribution in [1.29, 1.82) is 0 Å². The zero-order valence-electron chi connectivity index (χ0n) is 14.6. The maximum atomic E-state index is 12.5. The van der Waals surface area contributed by atoms with E-state index in [1.54, 1.807) is 6.20 Å². The molecule has 4 rings (SSSR count). The second kappa shape index (κ2) is 6.48. The Balaban J connectivity index is 1.30. The van der Waals surface area contributed by atoms with E-state index in [9.17, 15) is 4.79 Å². The van der Waals surface area contributed by atoms with Gasteiger partial charge in [0, 0.05) is 19.6 Å². The molecular weight excluding hydrogens is 304 g/mol. The SMILES string of the molecule is Cc1ncc(C(=O)N2CCC3(CC2)COC(CN2CCCC2)C3)[nH]1. The molecular formula is C18H28N4O2. The first kappa shape index (κ1) is 16.1. The fraction of sp³-hybridized carbons (Fsp3) is 0.778. The number of carbonyl (C=O) groups excluding carboxylic acids is 1. The molecule has 1 aromatic heterocycles. The van der Waals surface area contributed by atoms with E-state index < -0.39 is 0 Å². The third-order valence-corrected chi connectivity index (χ3v) is 5.99. The summed E-state index contributed by atoms with van der Waals surface area (Å²) in [7, 11) is 0. The summed E-state index contributed by atoms with van der Waals surface area (Å²) in [5.74, 6) is 0.874. The molecule has 0 bridgehead atoms. The Morgan fingerprint density at radius 3 is 2.75 bits per heavy atom. The number of aromatic nitrogens is 2. The van der Waals surface area contributed by atoms with Gasteiger partial charge in [-0.2, -0.15) is 0 Å². The van der Waals surface area contributed by atoms with Gasteiger partial charge in [-0.15, -0.1) is 0 Å². The Morgan fingerprint density at radius 1 is 1.33 bits per heavy atom. The minimum absolute atomic E-state index is 0.0815. The van der Waals surface area contributed by atoms with Crippen LogP contribution < -0.4 is 0 Å². The van der Waals surface area contributed by atoms with Gasteiger partial charge >= 0.3 is 0 Å². The van der Waals surface area contributed by atoms with E-state index in [2.05, 4.69) is 14.9 Å². The van der Waals surface area contributed by atoms with Crippen LogP contribution in [0.2, 0.25) is 0 Å². The van der Waals surface area contributed by atoms with E-state index in [0.29, 0.717) is 17.2 Å². The minimum atomic E-state index is 0.0815. The lowest BCUT2D eigenvalue weighted by Crippen LogP contribution is -2.43. The van der Waals surface area contributed by atoms with E-state index in [4.69, 9.17) is 4.74 Å². The molecule has 1 spiro atoms. The van der Waals surface area contributed by atoms with Gasteiger partial charge in [0.25, 0.3) is 5.91 Å². The fourth-order valence-electron chi connectivity index (χ4n) is 4.50. The smallest absolute Gasteiger partial charge is 0.271 e. The molecule has 0 radical (unpaired) electrons. The summed E-state index contributed by atoms with van der Waals surface area (Å²) in [6.07, 6.45) is 7.98. The highest BCUT2D eigenvalue weighted by Crippen LogP contribution is 2.42. The highest BCUT2D eigenvalue weighted by Gasteiger charge is 2.43. The van der Waals surface area contributed by atoms with E-state index in [1.807, 2.05) is 11.8 Å². The Labute approximate surface area is 143 Å². The first-order chi connectivity index (χ1) is 11.6. The summed E-state index contributed by atoms with van der Waals surface area (Å²) < 4.78 is 6.13. The predicted molar refractivity (Wildman–Crippen MR) is 90.9 cm³/mol. The molecule has 1 N–H and O–H groups in total. The van der Waals surface area contributed by atoms with Gasteiger partial charge in [0.15, 0.2) is 0 Å². The number of ether oxygens (including phenoxy) is 1. The Morgan fingerprint density at radius 2 is 2.08 bits per heavy atom. The van der Waals surface area contributed by atoms with Gasteiger partial charge in [-0.05, 0) is 57.5 Å². The second-order valence-electron chi connectivity index (χ2n) is 7.82. The third-order valence-electron chi connectivity index (χ3n) is 5.99. The number of piperidine rings is 1. The summed E-state index contributed by atoms with van der Waals surface area (Å²) in [5.41, 5.74) is 0.906. The lowest BCUT2D eigenvalue weighted by atomic mass is 9.76. The average Bonchev–Trinajstić information content (AvgIpc) is 3.31. The maximum Gasteiger partial charge on any atom is 0.271 e. The molecule has 1 amide bonds. The van der Waals surface area contributed by atoms with Gasteiger partial charge < -0.3 is 19.5 Å². The van der Waals surface area contributed by atoms with Gasteiger partial charge in [-0.25, -0.2) is 4.98 Å². The van der Waals surface area contributed by atoms with Crippen molar-refractivity contribution in [1.82, 2.24) is 19.8 Å². The molecule has 1 unspecified atom stereocenters. The molecule has 0 aliphatic carbocycles. The van der Waals surface area contributed by atoms with E-state index in [0.717, 1.165) is 51.3 Å². The molecule has 3 aliphatic heterocycles. The number of amides is 1. The average molecular weight is 332 g/mol. The van der Waals surface area contributed by atoms with Gasteiger partial charge in [0.1, 0.15) is 11.5 Å². The number of hydrogen-bond donors (Lipinski definition) is 1. The third kappa shape index (κ3) is 3.22. The van der Waals surface area contributed by atoms with Gasteiger partial charge in [0.2, 0.25) is 0 Å². The number of aromatic amines is 1. The Bertz CT molecular complexity index is 586. The number of imidazole rings is 1. The number of aryl methyl sites for hydroxylation is 1. The predicted octanol–water partition coefficient (Wildman–Crippen LogP) is 1.83. The fourth-order valence-corrected chi connectivity index (χ4v) is 4.50. The number of carbonyl (C=O) groups is 1. The van der Waals surface area contributed by atoms with Crippen LogP contribution in [0.4, 0.5) is 0 Å². The molecule has 1 aromatic rings. The molecule has 1 atom stereocenters. The van der Waals surface area contributed by atoms with Crippen LogP contribution in [0.15, 0.2) is 6.20 Å². The first-order valence-corrected chi connectivity index (χ1v) is 9.28. The van der Waals surface area contributed by atoms with E-state index in [-0.39, 0.29) is 5.91 Å². The largest absolute Gasteiger partial charge is 0.376 e. The van der Waals surface area contributed by atoms with Crippen LogP contribution in [-0.2, 0) is 4.74 Å². The summed E-state index contributed by atoms with van der Waals surface area (Å²) in [6.45, 7) is 7.97. The standard InChI is InChI=1S/C18H28N4O2/c1-14-19-11-16(20-14)17(23)22-8-4-18(5-9-22)10-15(24-13-18)12-21-6-2-3-7-21/h11,15H,2-10,12-13H2,1H3,(H,19,20). The molecule has 24 heavy (non-hydrogen) atoms. The van der Waals surface area contributed by atoms with Crippen molar-refractivity contribution < 1.29 is 9.53 Å². The monoisotopic (exact) mass is 332 g/mol.